The van der Waals surface area contributed by atoms with Gasteiger partial charge in [-0.3, -0.25) is 0 Å². The van der Waals surface area contributed by atoms with Gasteiger partial charge in [-0.25, -0.2) is 0 Å². The van der Waals surface area contributed by atoms with Crippen molar-refractivity contribution in [1.29, 1.82) is 0 Å². The molecular formula is C10H9N5O2. The summed E-state index contributed by atoms with van der Waals surface area (Å²) in [5.41, 5.74) is 1.02. The number of nitro groups is 1. The summed E-state index contributed by atoms with van der Waals surface area (Å²) in [4.78, 5) is 11.1. The Balaban J connectivity index is 2.05. The van der Waals surface area contributed by atoms with E-state index in [1.807, 2.05) is 36.4 Å². The van der Waals surface area contributed by atoms with Crippen LogP contribution in [0.1, 0.15) is 11.4 Å². The van der Waals surface area contributed by atoms with E-state index in [0.717, 1.165) is 5.56 Å². The van der Waals surface area contributed by atoms with Crippen LogP contribution in [0.4, 0.5) is 0 Å². The topological polar surface area (TPSA) is 86.7 Å². The molecule has 0 aliphatic carbocycles. The van der Waals surface area contributed by atoms with Crippen LogP contribution in [-0.4, -0.2) is 25.3 Å². The van der Waals surface area contributed by atoms with Crippen molar-refractivity contribution in [3.63, 3.8) is 0 Å². The Morgan fingerprint density at radius 2 is 2.12 bits per heavy atom. The van der Waals surface area contributed by atoms with Crippen LogP contribution in [0.3, 0.4) is 0 Å². The fourth-order valence-corrected chi connectivity index (χ4v) is 1.32. The summed E-state index contributed by atoms with van der Waals surface area (Å²) in [6.07, 6.45) is 3.95. The fourth-order valence-electron chi connectivity index (χ4n) is 1.32. The molecule has 0 radical (unpaired) electrons. The molecule has 0 saturated heterocycles. The quantitative estimate of drug-likeness (QED) is 0.578. The lowest BCUT2D eigenvalue weighted by Crippen LogP contribution is -2.14. The molecule has 0 bridgehead atoms. The first kappa shape index (κ1) is 10.9. The molecule has 0 fully saturated rings. The molecule has 2 rings (SSSR count). The first-order valence-corrected chi connectivity index (χ1v) is 4.91. The molecule has 0 unspecified atom stereocenters. The van der Waals surface area contributed by atoms with E-state index in [-0.39, 0.29) is 5.82 Å². The number of allylic oxidation sites excluding steroid dienone is 1. The van der Waals surface area contributed by atoms with E-state index in [0.29, 0.717) is 11.2 Å². The lowest BCUT2D eigenvalue weighted by molar-refractivity contribution is -0.555. The number of benzene rings is 1. The van der Waals surface area contributed by atoms with Crippen molar-refractivity contribution in [2.24, 2.45) is 0 Å². The molecule has 0 aliphatic rings. The van der Waals surface area contributed by atoms with Gasteiger partial charge in [-0.15, -0.1) is 0 Å². The van der Waals surface area contributed by atoms with Gasteiger partial charge in [0.05, 0.1) is 9.82 Å². The summed E-state index contributed by atoms with van der Waals surface area (Å²) in [6.45, 7) is 0. The van der Waals surface area contributed by atoms with Crippen molar-refractivity contribution in [2.45, 2.75) is 6.42 Å². The summed E-state index contributed by atoms with van der Waals surface area (Å²) >= 11 is 0. The Labute approximate surface area is 96.5 Å². The maximum Gasteiger partial charge on any atom is 0.229 e. The molecule has 0 amide bonds. The van der Waals surface area contributed by atoms with Gasteiger partial charge in [-0.2, -0.15) is 0 Å². The molecule has 7 heteroatoms. The minimum absolute atomic E-state index is 0.196. The first-order chi connectivity index (χ1) is 8.27. The standard InChI is InChI=1S/C10H9N5O2/c16-15(17)14-10(11-12-13-14)8-4-7-9-5-2-1-3-6-9/h1-7H,8H2. The Kier molecular flexibility index (Phi) is 3.20. The van der Waals surface area contributed by atoms with Crippen LogP contribution in [0, 0.1) is 10.1 Å². The Morgan fingerprint density at radius 3 is 2.82 bits per heavy atom. The highest BCUT2D eigenvalue weighted by atomic mass is 16.7. The van der Waals surface area contributed by atoms with Gasteiger partial charge in [0.15, 0.2) is 0 Å². The predicted molar refractivity (Wildman–Crippen MR) is 59.4 cm³/mol. The average Bonchev–Trinajstić information content (AvgIpc) is 2.79. The molecule has 0 spiro atoms. The van der Waals surface area contributed by atoms with Gasteiger partial charge in [-0.05, 0) is 5.56 Å². The molecule has 17 heavy (non-hydrogen) atoms. The maximum absolute atomic E-state index is 10.5. The molecule has 0 atom stereocenters. The first-order valence-electron chi connectivity index (χ1n) is 4.91. The van der Waals surface area contributed by atoms with E-state index in [1.54, 1.807) is 6.08 Å². The van der Waals surface area contributed by atoms with Crippen LogP contribution in [0.2, 0.25) is 0 Å². The van der Waals surface area contributed by atoms with Gasteiger partial charge in [0, 0.05) is 6.42 Å². The zero-order valence-electron chi connectivity index (χ0n) is 8.80. The smallest absolute Gasteiger partial charge is 0.229 e. The number of aromatic nitrogens is 4. The summed E-state index contributed by atoms with van der Waals surface area (Å²) in [6, 6.07) is 9.63. The van der Waals surface area contributed by atoms with Gasteiger partial charge < -0.3 is 10.1 Å². The Bertz CT molecular complexity index is 535. The highest BCUT2D eigenvalue weighted by Crippen LogP contribution is 2.02. The van der Waals surface area contributed by atoms with E-state index in [4.69, 9.17) is 0 Å². The highest BCUT2D eigenvalue weighted by Gasteiger charge is 2.12. The van der Waals surface area contributed by atoms with E-state index in [2.05, 4.69) is 15.5 Å². The molecule has 7 nitrogen and oxygen atoms in total. The molecule has 0 saturated carbocycles. The molecule has 0 aliphatic heterocycles. The third-order valence-electron chi connectivity index (χ3n) is 2.08. The fraction of sp³-hybridized carbons (Fsp3) is 0.100. The summed E-state index contributed by atoms with van der Waals surface area (Å²) in [5, 5.41) is 20.0. The van der Waals surface area contributed by atoms with Crippen LogP contribution in [0.25, 0.3) is 6.08 Å². The summed E-state index contributed by atoms with van der Waals surface area (Å²) in [7, 11) is 0. The lowest BCUT2D eigenvalue weighted by atomic mass is 10.2. The van der Waals surface area contributed by atoms with Gasteiger partial charge in [0.1, 0.15) is 5.21 Å². The summed E-state index contributed by atoms with van der Waals surface area (Å²) in [5.74, 6) is 0.196. The van der Waals surface area contributed by atoms with E-state index >= 15 is 0 Å². The third-order valence-corrected chi connectivity index (χ3v) is 2.08. The molecule has 2 aromatic rings. The third kappa shape index (κ3) is 2.71. The van der Waals surface area contributed by atoms with Crippen molar-refractivity contribution in [2.75, 3.05) is 0 Å². The van der Waals surface area contributed by atoms with Gasteiger partial charge in [0.25, 0.3) is 0 Å². The number of tetrazole rings is 1. The van der Waals surface area contributed by atoms with Crippen molar-refractivity contribution in [1.82, 2.24) is 20.3 Å². The second kappa shape index (κ2) is 4.97. The summed E-state index contributed by atoms with van der Waals surface area (Å²) < 4.78 is 0. The van der Waals surface area contributed by atoms with Crippen LogP contribution < -0.4 is 0 Å². The average molecular weight is 231 g/mol. The van der Waals surface area contributed by atoms with E-state index < -0.39 is 5.03 Å². The van der Waals surface area contributed by atoms with E-state index in [1.165, 1.54) is 0 Å². The molecule has 1 aromatic heterocycles. The zero-order valence-corrected chi connectivity index (χ0v) is 8.80. The molecular weight excluding hydrogens is 222 g/mol. The molecule has 1 heterocycles. The van der Waals surface area contributed by atoms with Crippen LogP contribution in [-0.2, 0) is 6.42 Å². The normalized spacial score (nSPS) is 10.8. The minimum Gasteiger partial charge on any atom is -0.339 e. The zero-order chi connectivity index (χ0) is 12.1. The number of nitrogens with zero attached hydrogens (tertiary/aromatic N) is 5. The molecule has 86 valence electrons. The van der Waals surface area contributed by atoms with Gasteiger partial charge >= 0.3 is 0 Å². The van der Waals surface area contributed by atoms with E-state index in [9.17, 15) is 10.1 Å². The Hall–Kier alpha value is -2.57. The van der Waals surface area contributed by atoms with Crippen LogP contribution in [0.15, 0.2) is 36.4 Å². The van der Waals surface area contributed by atoms with Gasteiger partial charge in [-0.1, -0.05) is 47.6 Å². The van der Waals surface area contributed by atoms with Crippen LogP contribution in [0.5, 0.6) is 0 Å². The minimum atomic E-state index is -0.661. The molecule has 1 aromatic carbocycles. The van der Waals surface area contributed by atoms with Gasteiger partial charge in [0.2, 0.25) is 11.0 Å². The highest BCUT2D eigenvalue weighted by molar-refractivity contribution is 5.48. The second-order valence-corrected chi connectivity index (χ2v) is 3.24. The van der Waals surface area contributed by atoms with Crippen molar-refractivity contribution in [3.8, 4) is 0 Å². The predicted octanol–water partition coefficient (Wildman–Crippen LogP) is 0.969. The molecule has 0 N–H and O–H groups in total. The number of hydrogen-bond donors (Lipinski definition) is 0. The number of rotatable bonds is 4. The van der Waals surface area contributed by atoms with Crippen molar-refractivity contribution < 1.29 is 5.03 Å². The van der Waals surface area contributed by atoms with Crippen molar-refractivity contribution >= 4 is 6.08 Å². The largest absolute Gasteiger partial charge is 0.339 e. The maximum atomic E-state index is 10.5. The van der Waals surface area contributed by atoms with Crippen molar-refractivity contribution in [3.05, 3.63) is 57.9 Å². The lowest BCUT2D eigenvalue weighted by Gasteiger charge is -1.93. The number of hydrogen-bond acceptors (Lipinski definition) is 5. The second-order valence-electron chi connectivity index (χ2n) is 3.24. The van der Waals surface area contributed by atoms with Crippen LogP contribution >= 0.6 is 0 Å². The SMILES string of the molecule is O=[N+]([O-])n1nnnc1CC=Cc1ccccc1. The Morgan fingerprint density at radius 1 is 1.35 bits per heavy atom. The monoisotopic (exact) mass is 231 g/mol.